The molecule has 0 heterocycles. The van der Waals surface area contributed by atoms with E-state index < -0.39 is 6.10 Å². The van der Waals surface area contributed by atoms with Gasteiger partial charge in [0.05, 0.1) is 27.2 Å². The van der Waals surface area contributed by atoms with Gasteiger partial charge in [0, 0.05) is 0 Å². The van der Waals surface area contributed by atoms with Gasteiger partial charge < -0.3 is 14.7 Å². The maximum absolute atomic E-state index is 9.33. The molecule has 0 aliphatic heterocycles. The van der Waals surface area contributed by atoms with Crippen LogP contribution in [0.2, 0.25) is 0 Å². The number of aliphatic hydroxyl groups is 2. The Morgan fingerprint density at radius 3 is 2.29 bits per heavy atom. The molecule has 1 atom stereocenters. The van der Waals surface area contributed by atoms with Crippen molar-refractivity contribution in [3.63, 3.8) is 0 Å². The van der Waals surface area contributed by atoms with E-state index in [2.05, 4.69) is 21.0 Å². The Hall–Kier alpha value is -0.120. The summed E-state index contributed by atoms with van der Waals surface area (Å²) in [7, 11) is 4.20. The molecule has 0 amide bonds. The zero-order valence-electron chi connectivity index (χ0n) is 9.87. The lowest BCUT2D eigenvalue weighted by Gasteiger charge is -2.31. The first-order valence-corrected chi connectivity index (χ1v) is 5.62. The molecule has 0 saturated carbocycles. The fourth-order valence-corrected chi connectivity index (χ4v) is 1.69. The fourth-order valence-electron chi connectivity index (χ4n) is 1.69. The zero-order chi connectivity index (χ0) is 11.0. The zero-order valence-corrected chi connectivity index (χ0v) is 9.87. The SMILES string of the molecule is CCCCCC[N+](C)(C)CC(O)CO. The highest BCUT2D eigenvalue weighted by Crippen LogP contribution is 2.06. The van der Waals surface area contributed by atoms with Crippen molar-refractivity contribution in [1.82, 2.24) is 0 Å². The lowest BCUT2D eigenvalue weighted by atomic mass is 10.2. The smallest absolute Gasteiger partial charge is 0.126 e. The molecule has 0 aromatic rings. The number of likely N-dealkylation sites (N-methyl/N-ethyl adjacent to an activating group) is 1. The Balaban J connectivity index is 3.60. The summed E-state index contributed by atoms with van der Waals surface area (Å²) in [5, 5.41) is 18.1. The number of hydrogen-bond donors (Lipinski definition) is 2. The van der Waals surface area contributed by atoms with Gasteiger partial charge in [-0.2, -0.15) is 0 Å². The minimum Gasteiger partial charge on any atom is -0.393 e. The molecule has 0 radical (unpaired) electrons. The lowest BCUT2D eigenvalue weighted by molar-refractivity contribution is -0.893. The Labute approximate surface area is 87.9 Å². The Morgan fingerprint density at radius 1 is 1.14 bits per heavy atom. The summed E-state index contributed by atoms with van der Waals surface area (Å²) in [6.45, 7) is 3.80. The Bertz CT molecular complexity index is 137. The van der Waals surface area contributed by atoms with Gasteiger partial charge in [-0.1, -0.05) is 19.8 Å². The molecule has 0 rings (SSSR count). The molecule has 0 aromatic heterocycles. The molecule has 3 heteroatoms. The standard InChI is InChI=1S/C11H26NO2/c1-4-5-6-7-8-12(2,3)9-11(14)10-13/h11,13-14H,4-10H2,1-3H3/q+1. The summed E-state index contributed by atoms with van der Waals surface area (Å²) in [5.41, 5.74) is 0. The fraction of sp³-hybridized carbons (Fsp3) is 1.00. The number of unbranched alkanes of at least 4 members (excludes halogenated alkanes) is 3. The molecule has 0 fully saturated rings. The van der Waals surface area contributed by atoms with E-state index in [1.807, 2.05) is 0 Å². The van der Waals surface area contributed by atoms with Gasteiger partial charge in [0.15, 0.2) is 0 Å². The van der Waals surface area contributed by atoms with Gasteiger partial charge in [-0.3, -0.25) is 0 Å². The van der Waals surface area contributed by atoms with Crippen molar-refractivity contribution in [2.24, 2.45) is 0 Å². The third-order valence-corrected chi connectivity index (χ3v) is 2.53. The molecule has 0 aromatic carbocycles. The number of quaternary nitrogens is 1. The molecule has 86 valence electrons. The summed E-state index contributed by atoms with van der Waals surface area (Å²) in [6.07, 6.45) is 4.46. The van der Waals surface area contributed by atoms with Gasteiger partial charge >= 0.3 is 0 Å². The molecular weight excluding hydrogens is 178 g/mol. The van der Waals surface area contributed by atoms with Crippen molar-refractivity contribution in [2.45, 2.75) is 38.7 Å². The van der Waals surface area contributed by atoms with E-state index in [1.54, 1.807) is 0 Å². The summed E-state index contributed by atoms with van der Waals surface area (Å²) in [4.78, 5) is 0. The predicted octanol–water partition coefficient (Wildman–Crippen LogP) is 0.996. The van der Waals surface area contributed by atoms with Crippen molar-refractivity contribution in [3.8, 4) is 0 Å². The van der Waals surface area contributed by atoms with Gasteiger partial charge in [0.1, 0.15) is 12.6 Å². The first-order valence-electron chi connectivity index (χ1n) is 5.62. The van der Waals surface area contributed by atoms with E-state index in [4.69, 9.17) is 5.11 Å². The molecule has 2 N–H and O–H groups in total. The van der Waals surface area contributed by atoms with Crippen LogP contribution in [-0.4, -0.2) is 54.6 Å². The highest BCUT2D eigenvalue weighted by atomic mass is 16.3. The third kappa shape index (κ3) is 7.30. The van der Waals surface area contributed by atoms with Crippen LogP contribution in [-0.2, 0) is 0 Å². The monoisotopic (exact) mass is 204 g/mol. The van der Waals surface area contributed by atoms with Crippen LogP contribution in [0.1, 0.15) is 32.6 Å². The van der Waals surface area contributed by atoms with E-state index in [0.717, 1.165) is 11.0 Å². The molecule has 0 spiro atoms. The number of hydrogen-bond acceptors (Lipinski definition) is 2. The normalized spacial score (nSPS) is 14.4. The molecule has 3 nitrogen and oxygen atoms in total. The Morgan fingerprint density at radius 2 is 1.79 bits per heavy atom. The van der Waals surface area contributed by atoms with Crippen LogP contribution in [0.4, 0.5) is 0 Å². The van der Waals surface area contributed by atoms with Crippen LogP contribution in [0.3, 0.4) is 0 Å². The Kier molecular flexibility index (Phi) is 7.15. The van der Waals surface area contributed by atoms with Crippen LogP contribution in [0.15, 0.2) is 0 Å². The summed E-state index contributed by atoms with van der Waals surface area (Å²) < 4.78 is 0.797. The molecular formula is C11H26NO2+. The van der Waals surface area contributed by atoms with E-state index in [0.29, 0.717) is 6.54 Å². The van der Waals surface area contributed by atoms with Crippen molar-refractivity contribution >= 4 is 0 Å². The summed E-state index contributed by atoms with van der Waals surface area (Å²) >= 11 is 0. The van der Waals surface area contributed by atoms with Gasteiger partial charge in [-0.25, -0.2) is 0 Å². The maximum Gasteiger partial charge on any atom is 0.126 e. The molecule has 0 saturated heterocycles. The molecule has 0 aliphatic rings. The minimum atomic E-state index is -0.573. The quantitative estimate of drug-likeness (QED) is 0.457. The maximum atomic E-state index is 9.33. The highest BCUT2D eigenvalue weighted by Gasteiger charge is 2.19. The topological polar surface area (TPSA) is 40.5 Å². The molecule has 1 unspecified atom stereocenters. The van der Waals surface area contributed by atoms with Crippen molar-refractivity contribution in [2.75, 3.05) is 33.8 Å². The first-order chi connectivity index (χ1) is 6.52. The largest absolute Gasteiger partial charge is 0.393 e. The summed E-state index contributed by atoms with van der Waals surface area (Å²) in [5.74, 6) is 0. The van der Waals surface area contributed by atoms with Crippen molar-refractivity contribution in [3.05, 3.63) is 0 Å². The van der Waals surface area contributed by atoms with E-state index in [1.165, 1.54) is 25.7 Å². The second kappa shape index (κ2) is 7.21. The first kappa shape index (κ1) is 13.9. The summed E-state index contributed by atoms with van der Waals surface area (Å²) in [6, 6.07) is 0. The van der Waals surface area contributed by atoms with Crippen molar-refractivity contribution in [1.29, 1.82) is 0 Å². The highest BCUT2D eigenvalue weighted by molar-refractivity contribution is 4.50. The minimum absolute atomic E-state index is 0.128. The van der Waals surface area contributed by atoms with Gasteiger partial charge in [-0.05, 0) is 12.8 Å². The lowest BCUT2D eigenvalue weighted by Crippen LogP contribution is -2.46. The van der Waals surface area contributed by atoms with Gasteiger partial charge in [-0.15, -0.1) is 0 Å². The van der Waals surface area contributed by atoms with Crippen LogP contribution in [0, 0.1) is 0 Å². The average molecular weight is 204 g/mol. The predicted molar refractivity (Wildman–Crippen MR) is 59.1 cm³/mol. The molecule has 14 heavy (non-hydrogen) atoms. The second-order valence-corrected chi connectivity index (χ2v) is 4.74. The van der Waals surface area contributed by atoms with Crippen LogP contribution >= 0.6 is 0 Å². The van der Waals surface area contributed by atoms with Crippen LogP contribution in [0.5, 0.6) is 0 Å². The number of aliphatic hydroxyl groups excluding tert-OH is 2. The van der Waals surface area contributed by atoms with E-state index in [-0.39, 0.29) is 6.61 Å². The van der Waals surface area contributed by atoms with Crippen LogP contribution < -0.4 is 0 Å². The van der Waals surface area contributed by atoms with Crippen molar-refractivity contribution < 1.29 is 14.7 Å². The molecule has 0 bridgehead atoms. The average Bonchev–Trinajstić information content (AvgIpc) is 2.12. The number of nitrogens with zero attached hydrogens (tertiary/aromatic N) is 1. The number of rotatable bonds is 8. The molecule has 0 aliphatic carbocycles. The van der Waals surface area contributed by atoms with E-state index in [9.17, 15) is 5.11 Å². The third-order valence-electron chi connectivity index (χ3n) is 2.53. The van der Waals surface area contributed by atoms with E-state index >= 15 is 0 Å². The second-order valence-electron chi connectivity index (χ2n) is 4.74. The van der Waals surface area contributed by atoms with Gasteiger partial charge in [0.25, 0.3) is 0 Å². The van der Waals surface area contributed by atoms with Gasteiger partial charge in [0.2, 0.25) is 0 Å². The van der Waals surface area contributed by atoms with Crippen LogP contribution in [0.25, 0.3) is 0 Å².